The van der Waals surface area contributed by atoms with Gasteiger partial charge in [0.05, 0.1) is 18.2 Å². The number of amides is 2. The van der Waals surface area contributed by atoms with Crippen LogP contribution >= 0.6 is 11.3 Å². The van der Waals surface area contributed by atoms with Gasteiger partial charge >= 0.3 is 0 Å². The predicted octanol–water partition coefficient (Wildman–Crippen LogP) is 3.88. The van der Waals surface area contributed by atoms with Gasteiger partial charge in [0.2, 0.25) is 0 Å². The van der Waals surface area contributed by atoms with Crippen LogP contribution in [0.3, 0.4) is 0 Å². The van der Waals surface area contributed by atoms with Crippen molar-refractivity contribution in [1.29, 1.82) is 0 Å². The SMILES string of the molecule is Cc1csc([C@H]2CCCN2C(=O)c2cccc(C(=O)N[C@@H](Cc3ccccc3)[C@@H](O)[C@@H]3CCCN3)c2)n1. The number of aliphatic hydroxyl groups is 1. The van der Waals surface area contributed by atoms with Crippen LogP contribution in [-0.2, 0) is 6.42 Å². The molecule has 194 valence electrons. The number of likely N-dealkylation sites (tertiary alicyclic amines) is 1. The number of thiazole rings is 1. The number of nitrogens with one attached hydrogen (secondary N) is 2. The number of carbonyl (C=O) groups is 2. The van der Waals surface area contributed by atoms with Gasteiger partial charge in [0.25, 0.3) is 11.8 Å². The zero-order valence-electron chi connectivity index (χ0n) is 21.1. The number of benzene rings is 2. The fourth-order valence-corrected chi connectivity index (χ4v) is 6.35. The first-order chi connectivity index (χ1) is 18.0. The number of hydrogen-bond acceptors (Lipinski definition) is 6. The maximum Gasteiger partial charge on any atom is 0.254 e. The van der Waals surface area contributed by atoms with Gasteiger partial charge < -0.3 is 20.6 Å². The van der Waals surface area contributed by atoms with Crippen molar-refractivity contribution in [2.45, 2.75) is 63.3 Å². The fourth-order valence-electron chi connectivity index (χ4n) is 5.41. The van der Waals surface area contributed by atoms with Crippen LogP contribution in [0, 0.1) is 6.92 Å². The molecule has 8 heteroatoms. The minimum absolute atomic E-state index is 0.0204. The first-order valence-electron chi connectivity index (χ1n) is 13.1. The van der Waals surface area contributed by atoms with Crippen molar-refractivity contribution in [3.8, 4) is 0 Å². The first-order valence-corrected chi connectivity index (χ1v) is 14.0. The first kappa shape index (κ1) is 25.6. The Kier molecular flexibility index (Phi) is 7.98. The van der Waals surface area contributed by atoms with E-state index in [9.17, 15) is 14.7 Å². The lowest BCUT2D eigenvalue weighted by Crippen LogP contribution is -2.52. The van der Waals surface area contributed by atoms with E-state index in [1.165, 1.54) is 0 Å². The Labute approximate surface area is 221 Å². The molecule has 0 spiro atoms. The summed E-state index contributed by atoms with van der Waals surface area (Å²) in [5, 5.41) is 20.6. The molecule has 7 nitrogen and oxygen atoms in total. The third kappa shape index (κ3) is 5.92. The normalized spacial score (nSPS) is 21.1. The van der Waals surface area contributed by atoms with Crippen LogP contribution < -0.4 is 10.6 Å². The molecule has 2 aromatic carbocycles. The molecule has 4 atom stereocenters. The zero-order valence-corrected chi connectivity index (χ0v) is 21.9. The molecule has 2 fully saturated rings. The molecule has 37 heavy (non-hydrogen) atoms. The van der Waals surface area contributed by atoms with Crippen molar-refractivity contribution in [2.75, 3.05) is 13.1 Å². The van der Waals surface area contributed by atoms with Crippen molar-refractivity contribution in [1.82, 2.24) is 20.5 Å². The summed E-state index contributed by atoms with van der Waals surface area (Å²) in [4.78, 5) is 33.3. The predicted molar refractivity (Wildman–Crippen MR) is 145 cm³/mol. The minimum atomic E-state index is -0.719. The second kappa shape index (κ2) is 11.5. The molecule has 2 aliphatic rings. The molecule has 0 radical (unpaired) electrons. The van der Waals surface area contributed by atoms with Crippen LogP contribution in [0.5, 0.6) is 0 Å². The molecule has 3 heterocycles. The summed E-state index contributed by atoms with van der Waals surface area (Å²) in [5.74, 6) is -0.373. The van der Waals surface area contributed by atoms with Crippen molar-refractivity contribution in [3.05, 3.63) is 87.4 Å². The van der Waals surface area contributed by atoms with Crippen molar-refractivity contribution in [3.63, 3.8) is 0 Å². The van der Waals surface area contributed by atoms with Gasteiger partial charge in [0.1, 0.15) is 5.01 Å². The molecule has 0 aliphatic carbocycles. The van der Waals surface area contributed by atoms with Gasteiger partial charge in [-0.05, 0) is 69.3 Å². The van der Waals surface area contributed by atoms with Gasteiger partial charge in [0.15, 0.2) is 0 Å². The Morgan fingerprint density at radius 1 is 1.14 bits per heavy atom. The molecular formula is C29H34N4O3S. The maximum atomic E-state index is 13.5. The number of aromatic nitrogens is 1. The van der Waals surface area contributed by atoms with E-state index in [-0.39, 0.29) is 23.9 Å². The molecule has 3 aromatic rings. The van der Waals surface area contributed by atoms with Gasteiger partial charge in [-0.1, -0.05) is 36.4 Å². The number of carbonyl (C=O) groups excluding carboxylic acids is 2. The van der Waals surface area contributed by atoms with Crippen molar-refractivity contribution < 1.29 is 14.7 Å². The largest absolute Gasteiger partial charge is 0.389 e. The lowest BCUT2D eigenvalue weighted by atomic mass is 9.95. The summed E-state index contributed by atoms with van der Waals surface area (Å²) in [6.07, 6.45) is 3.52. The number of aryl methyl sites for hydroxylation is 1. The molecule has 1 aromatic heterocycles. The summed E-state index contributed by atoms with van der Waals surface area (Å²) < 4.78 is 0. The van der Waals surface area contributed by atoms with Gasteiger partial charge in [-0.25, -0.2) is 4.98 Å². The Bertz CT molecular complexity index is 1220. The molecule has 0 unspecified atom stereocenters. The summed E-state index contributed by atoms with van der Waals surface area (Å²) in [6, 6.07) is 16.3. The van der Waals surface area contributed by atoms with E-state index >= 15 is 0 Å². The van der Waals surface area contributed by atoms with Crippen LogP contribution in [0.2, 0.25) is 0 Å². The molecule has 5 rings (SSSR count). The van der Waals surface area contributed by atoms with Crippen molar-refractivity contribution >= 4 is 23.2 Å². The number of hydrogen-bond donors (Lipinski definition) is 3. The molecular weight excluding hydrogens is 484 g/mol. The van der Waals surface area contributed by atoms with E-state index in [2.05, 4.69) is 15.6 Å². The van der Waals surface area contributed by atoms with Crippen LogP contribution in [0.4, 0.5) is 0 Å². The summed E-state index contributed by atoms with van der Waals surface area (Å²) in [5.41, 5.74) is 2.92. The van der Waals surface area contributed by atoms with Gasteiger partial charge in [-0.2, -0.15) is 0 Å². The highest BCUT2D eigenvalue weighted by Crippen LogP contribution is 2.34. The summed E-state index contributed by atoms with van der Waals surface area (Å²) in [6.45, 7) is 3.52. The third-order valence-corrected chi connectivity index (χ3v) is 8.41. The molecule has 2 saturated heterocycles. The maximum absolute atomic E-state index is 13.5. The number of rotatable bonds is 8. The second-order valence-electron chi connectivity index (χ2n) is 10.0. The van der Waals surface area contributed by atoms with Crippen LogP contribution in [-0.4, -0.2) is 58.1 Å². The van der Waals surface area contributed by atoms with E-state index in [0.29, 0.717) is 24.1 Å². The molecule has 2 amide bonds. The molecule has 0 saturated carbocycles. The Morgan fingerprint density at radius 2 is 1.95 bits per heavy atom. The molecule has 2 aliphatic heterocycles. The van der Waals surface area contributed by atoms with Crippen molar-refractivity contribution in [2.24, 2.45) is 0 Å². The van der Waals surface area contributed by atoms with E-state index in [1.807, 2.05) is 47.5 Å². The Hall–Kier alpha value is -3.07. The summed E-state index contributed by atoms with van der Waals surface area (Å²) in [7, 11) is 0. The average Bonchev–Trinajstić information content (AvgIpc) is 3.70. The van der Waals surface area contributed by atoms with E-state index in [4.69, 9.17) is 0 Å². The topological polar surface area (TPSA) is 94.6 Å². The highest BCUT2D eigenvalue weighted by molar-refractivity contribution is 7.09. The van der Waals surface area contributed by atoms with E-state index in [0.717, 1.165) is 48.5 Å². The quantitative estimate of drug-likeness (QED) is 0.421. The lowest BCUT2D eigenvalue weighted by Gasteiger charge is -2.29. The lowest BCUT2D eigenvalue weighted by molar-refractivity contribution is 0.0733. The van der Waals surface area contributed by atoms with E-state index < -0.39 is 12.1 Å². The van der Waals surface area contributed by atoms with Gasteiger partial charge in [-0.3, -0.25) is 9.59 Å². The van der Waals surface area contributed by atoms with E-state index in [1.54, 1.807) is 35.6 Å². The monoisotopic (exact) mass is 518 g/mol. The summed E-state index contributed by atoms with van der Waals surface area (Å²) >= 11 is 1.59. The minimum Gasteiger partial charge on any atom is -0.389 e. The highest BCUT2D eigenvalue weighted by atomic mass is 32.1. The van der Waals surface area contributed by atoms with Gasteiger partial charge in [0, 0.05) is 34.8 Å². The molecule has 3 N–H and O–H groups in total. The highest BCUT2D eigenvalue weighted by Gasteiger charge is 2.34. The Balaban J connectivity index is 1.32. The van der Waals surface area contributed by atoms with Crippen LogP contribution in [0.25, 0.3) is 0 Å². The van der Waals surface area contributed by atoms with Gasteiger partial charge in [-0.15, -0.1) is 11.3 Å². The third-order valence-electron chi connectivity index (χ3n) is 7.35. The number of aliphatic hydroxyl groups excluding tert-OH is 1. The molecule has 0 bridgehead atoms. The average molecular weight is 519 g/mol. The standard InChI is InChI=1S/C29H34N4O3S/c1-19-18-37-28(31-19)25-13-7-15-33(25)29(36)22-11-5-10-21(17-22)27(35)32-24(16-20-8-3-2-4-9-20)26(34)23-12-6-14-30-23/h2-5,8-11,17-18,23-26,30,34H,6-7,12-16H2,1H3,(H,32,35)/t23-,24-,25+,26-/m0/s1. The van der Waals surface area contributed by atoms with Crippen LogP contribution in [0.1, 0.15) is 68.7 Å². The number of nitrogens with zero attached hydrogens (tertiary/aromatic N) is 2. The smallest absolute Gasteiger partial charge is 0.254 e. The Morgan fingerprint density at radius 3 is 2.68 bits per heavy atom. The van der Waals surface area contributed by atoms with Crippen LogP contribution in [0.15, 0.2) is 60.0 Å². The zero-order chi connectivity index (χ0) is 25.8. The second-order valence-corrected chi connectivity index (χ2v) is 10.9. The fraction of sp³-hybridized carbons (Fsp3) is 0.414.